The summed E-state index contributed by atoms with van der Waals surface area (Å²) < 4.78 is 10.9. The highest BCUT2D eigenvalue weighted by Gasteiger charge is 2.25. The molecule has 0 saturated carbocycles. The molecule has 1 aromatic carbocycles. The first kappa shape index (κ1) is 20.5. The van der Waals surface area contributed by atoms with Gasteiger partial charge in [-0.2, -0.15) is 0 Å². The van der Waals surface area contributed by atoms with Gasteiger partial charge in [-0.3, -0.25) is 9.69 Å². The van der Waals surface area contributed by atoms with Crippen LogP contribution in [0.1, 0.15) is 31.1 Å². The minimum atomic E-state index is -0.426. The lowest BCUT2D eigenvalue weighted by Crippen LogP contribution is -2.48. The molecule has 28 heavy (non-hydrogen) atoms. The van der Waals surface area contributed by atoms with Crippen molar-refractivity contribution in [2.24, 2.45) is 0 Å². The SMILES string of the molecule is CCOC(=O)c1cc(-c2ccccc2)sc1NC(=O)CN1C[C@H](C)O[C@@H](C)C1. The number of amides is 1. The summed E-state index contributed by atoms with van der Waals surface area (Å²) in [7, 11) is 0. The fourth-order valence-corrected chi connectivity index (χ4v) is 4.44. The van der Waals surface area contributed by atoms with Crippen LogP contribution in [-0.4, -0.2) is 55.2 Å². The molecule has 150 valence electrons. The maximum atomic E-state index is 12.6. The molecule has 1 aliphatic heterocycles. The van der Waals surface area contributed by atoms with Gasteiger partial charge in [-0.1, -0.05) is 30.3 Å². The molecular formula is C21H26N2O4S. The number of benzene rings is 1. The van der Waals surface area contributed by atoms with Gasteiger partial charge >= 0.3 is 5.97 Å². The lowest BCUT2D eigenvalue weighted by molar-refractivity contribution is -0.121. The van der Waals surface area contributed by atoms with Crippen LogP contribution in [0.4, 0.5) is 5.00 Å². The van der Waals surface area contributed by atoms with Crippen LogP contribution in [0, 0.1) is 0 Å². The number of rotatable bonds is 6. The van der Waals surface area contributed by atoms with E-state index in [0.717, 1.165) is 10.4 Å². The zero-order valence-electron chi connectivity index (χ0n) is 16.4. The summed E-state index contributed by atoms with van der Waals surface area (Å²) in [5.41, 5.74) is 1.39. The number of carbonyl (C=O) groups is 2. The minimum absolute atomic E-state index is 0.0954. The molecule has 0 bridgehead atoms. The largest absolute Gasteiger partial charge is 0.462 e. The first-order valence-electron chi connectivity index (χ1n) is 9.50. The third-order valence-corrected chi connectivity index (χ3v) is 5.50. The van der Waals surface area contributed by atoms with Crippen molar-refractivity contribution in [2.45, 2.75) is 33.0 Å². The van der Waals surface area contributed by atoms with Crippen molar-refractivity contribution in [3.8, 4) is 10.4 Å². The van der Waals surface area contributed by atoms with E-state index in [1.807, 2.05) is 44.2 Å². The first-order chi connectivity index (χ1) is 13.5. The minimum Gasteiger partial charge on any atom is -0.462 e. The monoisotopic (exact) mass is 402 g/mol. The van der Waals surface area contributed by atoms with Crippen LogP contribution in [0.3, 0.4) is 0 Å². The van der Waals surface area contributed by atoms with Crippen molar-refractivity contribution in [3.63, 3.8) is 0 Å². The molecule has 1 aliphatic rings. The Morgan fingerprint density at radius 3 is 2.54 bits per heavy atom. The van der Waals surface area contributed by atoms with E-state index in [-0.39, 0.29) is 31.3 Å². The Balaban J connectivity index is 1.76. The standard InChI is InChI=1S/C21H26N2O4S/c1-4-26-21(25)17-10-18(16-8-6-5-7-9-16)28-20(17)22-19(24)13-23-11-14(2)27-15(3)12-23/h5-10,14-15H,4,11-13H2,1-3H3,(H,22,24)/t14-,15-/m0/s1. The van der Waals surface area contributed by atoms with Crippen molar-refractivity contribution in [1.29, 1.82) is 0 Å². The van der Waals surface area contributed by atoms with Gasteiger partial charge in [-0.15, -0.1) is 11.3 Å². The normalized spacial score (nSPS) is 20.0. The summed E-state index contributed by atoms with van der Waals surface area (Å²) in [6.07, 6.45) is 0.191. The molecule has 6 nitrogen and oxygen atoms in total. The number of thiophene rings is 1. The van der Waals surface area contributed by atoms with Gasteiger partial charge in [0, 0.05) is 18.0 Å². The van der Waals surface area contributed by atoms with Crippen molar-refractivity contribution in [1.82, 2.24) is 4.90 Å². The van der Waals surface area contributed by atoms with Crippen LogP contribution in [0.2, 0.25) is 0 Å². The number of carbonyl (C=O) groups excluding carboxylic acids is 2. The molecule has 0 radical (unpaired) electrons. The third-order valence-electron chi connectivity index (χ3n) is 4.40. The Kier molecular flexibility index (Phi) is 6.83. The Bertz CT molecular complexity index is 811. The lowest BCUT2D eigenvalue weighted by atomic mass is 10.1. The smallest absolute Gasteiger partial charge is 0.341 e. The van der Waals surface area contributed by atoms with E-state index in [2.05, 4.69) is 10.2 Å². The first-order valence-corrected chi connectivity index (χ1v) is 10.3. The summed E-state index contributed by atoms with van der Waals surface area (Å²) in [4.78, 5) is 28.0. The van der Waals surface area contributed by atoms with E-state index in [9.17, 15) is 9.59 Å². The number of hydrogen-bond acceptors (Lipinski definition) is 6. The summed E-state index contributed by atoms with van der Waals surface area (Å²) >= 11 is 1.38. The fourth-order valence-electron chi connectivity index (χ4n) is 3.37. The summed E-state index contributed by atoms with van der Waals surface area (Å²) in [6, 6.07) is 11.6. The van der Waals surface area contributed by atoms with E-state index in [1.54, 1.807) is 13.0 Å². The molecule has 0 spiro atoms. The van der Waals surface area contributed by atoms with Gasteiger partial charge in [0.2, 0.25) is 5.91 Å². The van der Waals surface area contributed by atoms with Crippen molar-refractivity contribution in [2.75, 3.05) is 31.6 Å². The zero-order chi connectivity index (χ0) is 20.1. The van der Waals surface area contributed by atoms with Gasteiger partial charge < -0.3 is 14.8 Å². The van der Waals surface area contributed by atoms with E-state index in [1.165, 1.54) is 11.3 Å². The van der Waals surface area contributed by atoms with Crippen LogP contribution in [0.15, 0.2) is 36.4 Å². The highest BCUT2D eigenvalue weighted by Crippen LogP contribution is 2.36. The quantitative estimate of drug-likeness (QED) is 0.747. The van der Waals surface area contributed by atoms with Crippen LogP contribution < -0.4 is 5.32 Å². The predicted molar refractivity (Wildman–Crippen MR) is 111 cm³/mol. The molecule has 2 aromatic rings. The molecule has 0 aliphatic carbocycles. The number of nitrogens with one attached hydrogen (secondary N) is 1. The Morgan fingerprint density at radius 2 is 1.89 bits per heavy atom. The van der Waals surface area contributed by atoms with Gasteiger partial charge in [0.05, 0.1) is 30.9 Å². The van der Waals surface area contributed by atoms with E-state index in [4.69, 9.17) is 9.47 Å². The number of nitrogens with zero attached hydrogens (tertiary/aromatic N) is 1. The molecule has 1 saturated heterocycles. The molecule has 1 N–H and O–H groups in total. The molecule has 3 rings (SSSR count). The van der Waals surface area contributed by atoms with Crippen molar-refractivity contribution >= 4 is 28.2 Å². The zero-order valence-corrected chi connectivity index (χ0v) is 17.3. The summed E-state index contributed by atoms with van der Waals surface area (Å²) in [6.45, 7) is 7.74. The summed E-state index contributed by atoms with van der Waals surface area (Å²) in [5.74, 6) is -0.571. The second kappa shape index (κ2) is 9.32. The van der Waals surface area contributed by atoms with Crippen molar-refractivity contribution in [3.05, 3.63) is 42.0 Å². The topological polar surface area (TPSA) is 67.9 Å². The molecule has 0 unspecified atom stereocenters. The molecule has 1 amide bonds. The second-order valence-corrected chi connectivity index (χ2v) is 7.99. The predicted octanol–water partition coefficient (Wildman–Crippen LogP) is 3.64. The van der Waals surface area contributed by atoms with E-state index < -0.39 is 5.97 Å². The van der Waals surface area contributed by atoms with Gasteiger partial charge in [-0.05, 0) is 32.4 Å². The maximum absolute atomic E-state index is 12.6. The average Bonchev–Trinajstić information content (AvgIpc) is 3.05. The Morgan fingerprint density at radius 1 is 1.21 bits per heavy atom. The molecule has 7 heteroatoms. The number of morpholine rings is 1. The Labute approximate surface area is 169 Å². The van der Waals surface area contributed by atoms with Crippen LogP contribution in [0.5, 0.6) is 0 Å². The summed E-state index contributed by atoms with van der Waals surface area (Å²) in [5, 5.41) is 3.44. The second-order valence-electron chi connectivity index (χ2n) is 6.94. The van der Waals surface area contributed by atoms with E-state index >= 15 is 0 Å². The molecule has 2 heterocycles. The van der Waals surface area contributed by atoms with E-state index in [0.29, 0.717) is 23.7 Å². The van der Waals surface area contributed by atoms with Crippen LogP contribution in [-0.2, 0) is 14.3 Å². The highest BCUT2D eigenvalue weighted by molar-refractivity contribution is 7.20. The Hall–Kier alpha value is -2.22. The van der Waals surface area contributed by atoms with Gasteiger partial charge in [0.25, 0.3) is 0 Å². The molecule has 1 aromatic heterocycles. The van der Waals surface area contributed by atoms with Crippen LogP contribution in [0.25, 0.3) is 10.4 Å². The third kappa shape index (κ3) is 5.19. The maximum Gasteiger partial charge on any atom is 0.341 e. The molecule has 2 atom stereocenters. The number of ether oxygens (including phenoxy) is 2. The van der Waals surface area contributed by atoms with Gasteiger partial charge in [0.1, 0.15) is 5.00 Å². The number of anilines is 1. The molecule has 1 fully saturated rings. The van der Waals surface area contributed by atoms with Gasteiger partial charge in [0.15, 0.2) is 0 Å². The fraction of sp³-hybridized carbons (Fsp3) is 0.429. The van der Waals surface area contributed by atoms with Crippen LogP contribution >= 0.6 is 11.3 Å². The number of hydrogen-bond donors (Lipinski definition) is 1. The van der Waals surface area contributed by atoms with Crippen molar-refractivity contribution < 1.29 is 19.1 Å². The molecular weight excluding hydrogens is 376 g/mol. The number of esters is 1. The average molecular weight is 403 g/mol. The highest BCUT2D eigenvalue weighted by atomic mass is 32.1. The lowest BCUT2D eigenvalue weighted by Gasteiger charge is -2.34. The van der Waals surface area contributed by atoms with Gasteiger partial charge in [-0.25, -0.2) is 4.79 Å².